The Bertz CT molecular complexity index is 641. The van der Waals surface area contributed by atoms with Gasteiger partial charge in [-0.3, -0.25) is 4.31 Å². The van der Waals surface area contributed by atoms with Crippen LogP contribution < -0.4 is 9.77 Å². The molecule has 0 unspecified atom stereocenters. The van der Waals surface area contributed by atoms with Crippen LogP contribution in [0, 0.1) is 0 Å². The molecule has 1 fully saturated rings. The zero-order chi connectivity index (χ0) is 16.8. The third kappa shape index (κ3) is 3.16. The zero-order valence-electron chi connectivity index (χ0n) is 14.1. The molecule has 1 aromatic carbocycles. The van der Waals surface area contributed by atoms with Crippen molar-refractivity contribution in [2.75, 3.05) is 17.1 Å². The van der Waals surface area contributed by atoms with Crippen LogP contribution in [-0.2, 0) is 19.3 Å². The molecule has 0 N–H and O–H groups in total. The van der Waals surface area contributed by atoms with Gasteiger partial charge in [-0.1, -0.05) is 12.1 Å². The summed E-state index contributed by atoms with van der Waals surface area (Å²) >= 11 is 0. The van der Waals surface area contributed by atoms with Crippen molar-refractivity contribution in [1.29, 1.82) is 0 Å². The summed E-state index contributed by atoms with van der Waals surface area (Å²) in [5, 5.41) is 0. The SMILES string of the molecule is CCN(c1cccc(B2OC(C)(C)C(C)(C)O2)c1)S(C)(=O)=O. The lowest BCUT2D eigenvalue weighted by Crippen LogP contribution is -2.41. The molecule has 0 bridgehead atoms. The third-order valence-electron chi connectivity index (χ3n) is 4.37. The molecule has 0 aromatic heterocycles. The molecular formula is C15H24BNO4S. The number of rotatable bonds is 4. The summed E-state index contributed by atoms with van der Waals surface area (Å²) in [6.45, 7) is 10.2. The maximum atomic E-state index is 11.9. The quantitative estimate of drug-likeness (QED) is 0.792. The Morgan fingerprint density at radius 3 is 2.14 bits per heavy atom. The fraction of sp³-hybridized carbons (Fsp3) is 0.600. The van der Waals surface area contributed by atoms with E-state index in [0.717, 1.165) is 5.46 Å². The van der Waals surface area contributed by atoms with Crippen LogP contribution in [0.25, 0.3) is 0 Å². The summed E-state index contributed by atoms with van der Waals surface area (Å²) in [4.78, 5) is 0. The Morgan fingerprint density at radius 1 is 1.14 bits per heavy atom. The minimum absolute atomic E-state index is 0.381. The monoisotopic (exact) mass is 325 g/mol. The van der Waals surface area contributed by atoms with E-state index in [-0.39, 0.29) is 0 Å². The van der Waals surface area contributed by atoms with Crippen molar-refractivity contribution in [1.82, 2.24) is 0 Å². The van der Waals surface area contributed by atoms with Gasteiger partial charge in [0.15, 0.2) is 0 Å². The largest absolute Gasteiger partial charge is 0.494 e. The number of benzene rings is 1. The van der Waals surface area contributed by atoms with Crippen LogP contribution in [0.4, 0.5) is 5.69 Å². The van der Waals surface area contributed by atoms with Crippen LogP contribution in [-0.4, -0.2) is 39.5 Å². The fourth-order valence-corrected chi connectivity index (χ4v) is 3.38. The highest BCUT2D eigenvalue weighted by atomic mass is 32.2. The first-order valence-electron chi connectivity index (χ1n) is 7.41. The smallest absolute Gasteiger partial charge is 0.399 e. The lowest BCUT2D eigenvalue weighted by atomic mass is 9.79. The van der Waals surface area contributed by atoms with E-state index < -0.39 is 28.3 Å². The van der Waals surface area contributed by atoms with E-state index in [4.69, 9.17) is 9.31 Å². The first-order valence-corrected chi connectivity index (χ1v) is 9.26. The van der Waals surface area contributed by atoms with Gasteiger partial charge >= 0.3 is 7.12 Å². The topological polar surface area (TPSA) is 55.8 Å². The predicted molar refractivity (Wildman–Crippen MR) is 90.0 cm³/mol. The molecule has 1 saturated heterocycles. The Hall–Kier alpha value is -1.05. The molecule has 1 aliphatic heterocycles. The molecule has 22 heavy (non-hydrogen) atoms. The van der Waals surface area contributed by atoms with Gasteiger partial charge in [-0.05, 0) is 52.2 Å². The van der Waals surface area contributed by atoms with Crippen molar-refractivity contribution >= 4 is 28.3 Å². The van der Waals surface area contributed by atoms with Crippen molar-refractivity contribution < 1.29 is 17.7 Å². The molecule has 2 rings (SSSR count). The highest BCUT2D eigenvalue weighted by molar-refractivity contribution is 7.92. The molecule has 122 valence electrons. The lowest BCUT2D eigenvalue weighted by Gasteiger charge is -2.32. The van der Waals surface area contributed by atoms with Crippen molar-refractivity contribution in [3.63, 3.8) is 0 Å². The minimum atomic E-state index is -3.30. The summed E-state index contributed by atoms with van der Waals surface area (Å²) in [5.74, 6) is 0. The van der Waals surface area contributed by atoms with Gasteiger partial charge in [0.1, 0.15) is 0 Å². The van der Waals surface area contributed by atoms with Gasteiger partial charge in [-0.15, -0.1) is 0 Å². The van der Waals surface area contributed by atoms with Crippen molar-refractivity contribution in [3.8, 4) is 0 Å². The van der Waals surface area contributed by atoms with E-state index in [9.17, 15) is 8.42 Å². The van der Waals surface area contributed by atoms with Crippen molar-refractivity contribution in [3.05, 3.63) is 24.3 Å². The molecule has 7 heteroatoms. The van der Waals surface area contributed by atoms with Gasteiger partial charge in [0.2, 0.25) is 10.0 Å². The molecule has 0 amide bonds. The van der Waals surface area contributed by atoms with E-state index in [1.807, 2.05) is 52.8 Å². The van der Waals surface area contributed by atoms with Crippen molar-refractivity contribution in [2.45, 2.75) is 45.8 Å². The maximum Gasteiger partial charge on any atom is 0.494 e. The number of sulfonamides is 1. The van der Waals surface area contributed by atoms with E-state index >= 15 is 0 Å². The van der Waals surface area contributed by atoms with E-state index in [2.05, 4.69) is 0 Å². The van der Waals surface area contributed by atoms with Gasteiger partial charge in [0.25, 0.3) is 0 Å². The zero-order valence-corrected chi connectivity index (χ0v) is 14.9. The second-order valence-corrected chi connectivity index (χ2v) is 8.52. The molecule has 0 saturated carbocycles. The first-order chi connectivity index (χ1) is 9.98. The van der Waals surface area contributed by atoms with Gasteiger partial charge in [-0.25, -0.2) is 8.42 Å². The maximum absolute atomic E-state index is 11.9. The second kappa shape index (κ2) is 5.55. The average molecular weight is 325 g/mol. The average Bonchev–Trinajstić information content (AvgIpc) is 2.58. The summed E-state index contributed by atoms with van der Waals surface area (Å²) in [7, 11) is -3.80. The molecule has 0 aliphatic carbocycles. The molecule has 0 atom stereocenters. The molecule has 1 aliphatic rings. The molecule has 0 radical (unpaired) electrons. The first kappa shape index (κ1) is 17.3. The molecule has 0 spiro atoms. The molecule has 1 heterocycles. The summed E-state index contributed by atoms with van der Waals surface area (Å²) in [6, 6.07) is 7.30. The van der Waals surface area contributed by atoms with Gasteiger partial charge in [0, 0.05) is 6.54 Å². The Labute approximate surface area is 133 Å². The predicted octanol–water partition coefficient (Wildman–Crippen LogP) is 1.77. The summed E-state index contributed by atoms with van der Waals surface area (Å²) in [5.41, 5.74) is 0.597. The van der Waals surface area contributed by atoms with Crippen LogP contribution in [0.15, 0.2) is 24.3 Å². The lowest BCUT2D eigenvalue weighted by molar-refractivity contribution is 0.00578. The van der Waals surface area contributed by atoms with Gasteiger partial charge in [-0.2, -0.15) is 0 Å². The number of anilines is 1. The van der Waals surface area contributed by atoms with E-state index in [1.54, 1.807) is 6.07 Å². The van der Waals surface area contributed by atoms with Crippen LogP contribution in [0.3, 0.4) is 0 Å². The second-order valence-electron chi connectivity index (χ2n) is 6.61. The van der Waals surface area contributed by atoms with Gasteiger partial charge < -0.3 is 9.31 Å². The molecule has 5 nitrogen and oxygen atoms in total. The molecular weight excluding hydrogens is 301 g/mol. The van der Waals surface area contributed by atoms with Crippen LogP contribution in [0.2, 0.25) is 0 Å². The fourth-order valence-electron chi connectivity index (χ4n) is 2.41. The Kier molecular flexibility index (Phi) is 4.36. The summed E-state index contributed by atoms with van der Waals surface area (Å²) in [6.07, 6.45) is 1.21. The van der Waals surface area contributed by atoms with Crippen LogP contribution >= 0.6 is 0 Å². The standard InChI is InChI=1S/C15H24BNO4S/c1-7-17(22(6,18)19)13-10-8-9-12(11-13)16-20-14(2,3)15(4,5)21-16/h8-11H,7H2,1-6H3. The highest BCUT2D eigenvalue weighted by Gasteiger charge is 2.51. The van der Waals surface area contributed by atoms with Crippen LogP contribution in [0.5, 0.6) is 0 Å². The summed E-state index contributed by atoms with van der Waals surface area (Å²) < 4.78 is 37.1. The minimum Gasteiger partial charge on any atom is -0.399 e. The number of nitrogens with zero attached hydrogens (tertiary/aromatic N) is 1. The normalized spacial score (nSPS) is 20.2. The Morgan fingerprint density at radius 2 is 1.68 bits per heavy atom. The highest BCUT2D eigenvalue weighted by Crippen LogP contribution is 2.36. The molecule has 1 aromatic rings. The van der Waals surface area contributed by atoms with E-state index in [0.29, 0.717) is 12.2 Å². The number of hydrogen-bond acceptors (Lipinski definition) is 4. The van der Waals surface area contributed by atoms with E-state index in [1.165, 1.54) is 10.6 Å². The third-order valence-corrected chi connectivity index (χ3v) is 5.64. The van der Waals surface area contributed by atoms with Crippen LogP contribution in [0.1, 0.15) is 34.6 Å². The van der Waals surface area contributed by atoms with Gasteiger partial charge in [0.05, 0.1) is 23.1 Å². The Balaban J connectivity index is 2.35. The van der Waals surface area contributed by atoms with Crippen molar-refractivity contribution in [2.24, 2.45) is 0 Å². The number of hydrogen-bond donors (Lipinski definition) is 0.